The van der Waals surface area contributed by atoms with Crippen molar-refractivity contribution in [2.75, 3.05) is 6.61 Å². The zero-order valence-electron chi connectivity index (χ0n) is 34.8. The number of aliphatic hydroxyl groups is 2. The molecule has 0 fully saturated rings. The maximum absolute atomic E-state index is 12.4. The molecule has 0 saturated carbocycles. The third-order valence-electron chi connectivity index (χ3n) is 10.4. The number of aliphatic hydroxyl groups excluding tert-OH is 2. The Kier molecular flexibility index (Phi) is 42.4. The van der Waals surface area contributed by atoms with Gasteiger partial charge >= 0.3 is 0 Å². The minimum Gasteiger partial charge on any atom is -0.394 e. The van der Waals surface area contributed by atoms with Crippen molar-refractivity contribution in [1.82, 2.24) is 5.32 Å². The van der Waals surface area contributed by atoms with Gasteiger partial charge in [-0.3, -0.25) is 4.79 Å². The Balaban J connectivity index is 3.54. The molecular formula is C48H89NO3. The zero-order valence-corrected chi connectivity index (χ0v) is 34.8. The van der Waals surface area contributed by atoms with E-state index < -0.39 is 12.1 Å². The van der Waals surface area contributed by atoms with Crippen LogP contribution in [0.5, 0.6) is 0 Å². The van der Waals surface area contributed by atoms with Crippen molar-refractivity contribution in [3.8, 4) is 0 Å². The minimum absolute atomic E-state index is 0.0397. The SMILES string of the molecule is CC/C=C\C/C=C\C/C=C\C/C=C\CCCCCCCCCCC(=O)NC(CO)C(O)CCCCCCCCCCCCCCCCCCCCC. The second-order valence-corrected chi connectivity index (χ2v) is 15.4. The number of unbranched alkanes of at least 4 members (excludes halogenated alkanes) is 26. The molecule has 0 saturated heterocycles. The molecule has 2 unspecified atom stereocenters. The number of carbonyl (C=O) groups is 1. The van der Waals surface area contributed by atoms with Gasteiger partial charge in [-0.2, -0.15) is 0 Å². The molecule has 1 amide bonds. The summed E-state index contributed by atoms with van der Waals surface area (Å²) in [6, 6.07) is -0.542. The maximum Gasteiger partial charge on any atom is 0.220 e. The van der Waals surface area contributed by atoms with Crippen molar-refractivity contribution in [3.63, 3.8) is 0 Å². The molecular weight excluding hydrogens is 639 g/mol. The predicted octanol–water partition coefficient (Wildman–Crippen LogP) is 14.4. The van der Waals surface area contributed by atoms with Crippen LogP contribution in [0.15, 0.2) is 48.6 Å². The Morgan fingerprint density at radius 1 is 0.481 bits per heavy atom. The van der Waals surface area contributed by atoms with E-state index in [1.165, 1.54) is 154 Å². The molecule has 4 heteroatoms. The highest BCUT2D eigenvalue weighted by Crippen LogP contribution is 2.16. The summed E-state index contributed by atoms with van der Waals surface area (Å²) in [5.74, 6) is -0.0397. The molecule has 3 N–H and O–H groups in total. The molecule has 0 aliphatic carbocycles. The molecule has 0 aromatic rings. The first-order valence-electron chi connectivity index (χ1n) is 22.8. The third-order valence-corrected chi connectivity index (χ3v) is 10.4. The van der Waals surface area contributed by atoms with Crippen molar-refractivity contribution >= 4 is 5.91 Å². The van der Waals surface area contributed by atoms with Gasteiger partial charge in [0, 0.05) is 6.42 Å². The van der Waals surface area contributed by atoms with Crippen molar-refractivity contribution in [2.24, 2.45) is 0 Å². The molecule has 0 aromatic carbocycles. The second kappa shape index (κ2) is 43.8. The molecule has 0 rings (SSSR count). The van der Waals surface area contributed by atoms with Crippen LogP contribution >= 0.6 is 0 Å². The number of allylic oxidation sites excluding steroid dienone is 8. The summed E-state index contributed by atoms with van der Waals surface area (Å²) < 4.78 is 0. The summed E-state index contributed by atoms with van der Waals surface area (Å²) in [4.78, 5) is 12.4. The largest absolute Gasteiger partial charge is 0.394 e. The van der Waals surface area contributed by atoms with Crippen LogP contribution in [0.1, 0.15) is 232 Å². The molecule has 0 aliphatic rings. The molecule has 0 bridgehead atoms. The molecule has 0 spiro atoms. The van der Waals surface area contributed by atoms with Crippen LogP contribution < -0.4 is 5.32 Å². The summed E-state index contributed by atoms with van der Waals surface area (Å²) in [6.45, 7) is 4.25. The Labute approximate surface area is 324 Å². The van der Waals surface area contributed by atoms with Gasteiger partial charge in [0.05, 0.1) is 18.8 Å². The summed E-state index contributed by atoms with van der Waals surface area (Å²) in [5.41, 5.74) is 0. The minimum atomic E-state index is -0.664. The van der Waals surface area contributed by atoms with Gasteiger partial charge in [-0.15, -0.1) is 0 Å². The van der Waals surface area contributed by atoms with Gasteiger partial charge in [0.1, 0.15) is 0 Å². The predicted molar refractivity (Wildman–Crippen MR) is 230 cm³/mol. The third kappa shape index (κ3) is 39.6. The molecule has 0 radical (unpaired) electrons. The first-order chi connectivity index (χ1) is 25.7. The summed E-state index contributed by atoms with van der Waals surface area (Å²) in [7, 11) is 0. The first-order valence-corrected chi connectivity index (χ1v) is 22.8. The Morgan fingerprint density at radius 3 is 1.27 bits per heavy atom. The molecule has 304 valence electrons. The van der Waals surface area contributed by atoms with Gasteiger partial charge < -0.3 is 15.5 Å². The van der Waals surface area contributed by atoms with E-state index in [0.29, 0.717) is 12.8 Å². The molecule has 4 nitrogen and oxygen atoms in total. The monoisotopic (exact) mass is 728 g/mol. The van der Waals surface area contributed by atoms with Crippen LogP contribution in [0.2, 0.25) is 0 Å². The lowest BCUT2D eigenvalue weighted by Gasteiger charge is -2.22. The van der Waals surface area contributed by atoms with E-state index in [4.69, 9.17) is 0 Å². The zero-order chi connectivity index (χ0) is 37.8. The van der Waals surface area contributed by atoms with Gasteiger partial charge in [-0.25, -0.2) is 0 Å². The van der Waals surface area contributed by atoms with Crippen molar-refractivity contribution in [2.45, 2.75) is 244 Å². The van der Waals surface area contributed by atoms with E-state index in [0.717, 1.165) is 51.4 Å². The Bertz CT molecular complexity index is 831. The average molecular weight is 728 g/mol. The number of nitrogens with one attached hydrogen (secondary N) is 1. The van der Waals surface area contributed by atoms with E-state index in [2.05, 4.69) is 67.8 Å². The van der Waals surface area contributed by atoms with Crippen LogP contribution in [0.25, 0.3) is 0 Å². The molecule has 0 aliphatic heterocycles. The van der Waals surface area contributed by atoms with E-state index in [-0.39, 0.29) is 12.5 Å². The summed E-state index contributed by atoms with van der Waals surface area (Å²) in [5, 5.41) is 23.2. The molecule has 0 aromatic heterocycles. The summed E-state index contributed by atoms with van der Waals surface area (Å²) in [6.07, 6.45) is 59.0. The number of hydrogen-bond donors (Lipinski definition) is 3. The topological polar surface area (TPSA) is 69.6 Å². The average Bonchev–Trinajstić information content (AvgIpc) is 3.15. The van der Waals surface area contributed by atoms with Gasteiger partial charge in [0.15, 0.2) is 0 Å². The smallest absolute Gasteiger partial charge is 0.220 e. The van der Waals surface area contributed by atoms with Crippen molar-refractivity contribution in [1.29, 1.82) is 0 Å². The second-order valence-electron chi connectivity index (χ2n) is 15.4. The van der Waals surface area contributed by atoms with Crippen molar-refractivity contribution in [3.05, 3.63) is 48.6 Å². The lowest BCUT2D eigenvalue weighted by molar-refractivity contribution is -0.123. The van der Waals surface area contributed by atoms with Crippen LogP contribution in [0.4, 0.5) is 0 Å². The van der Waals surface area contributed by atoms with Gasteiger partial charge in [-0.05, 0) is 51.4 Å². The highest BCUT2D eigenvalue weighted by molar-refractivity contribution is 5.76. The highest BCUT2D eigenvalue weighted by atomic mass is 16.3. The van der Waals surface area contributed by atoms with Gasteiger partial charge in [0.2, 0.25) is 5.91 Å². The van der Waals surface area contributed by atoms with Crippen molar-refractivity contribution < 1.29 is 15.0 Å². The Morgan fingerprint density at radius 2 is 0.846 bits per heavy atom. The fourth-order valence-corrected chi connectivity index (χ4v) is 6.88. The number of hydrogen-bond acceptors (Lipinski definition) is 3. The fraction of sp³-hybridized carbons (Fsp3) is 0.812. The molecule has 0 heterocycles. The number of amides is 1. The normalized spacial score (nSPS) is 13.4. The van der Waals surface area contributed by atoms with Crippen LogP contribution in [-0.4, -0.2) is 34.9 Å². The van der Waals surface area contributed by atoms with Gasteiger partial charge in [0.25, 0.3) is 0 Å². The van der Waals surface area contributed by atoms with Crippen LogP contribution in [0.3, 0.4) is 0 Å². The standard InChI is InChI=1S/C48H89NO3/c1-3-5-7-9-11-13-15-17-19-21-23-24-26-28-30-32-34-36-38-40-42-44-48(52)49-46(45-50)47(51)43-41-39-37-35-33-31-29-27-25-22-20-18-16-14-12-10-8-6-4-2/h5,7,11,13,17,19,23-24,46-47,50-51H,3-4,6,8-10,12,14-16,18,20-22,25-45H2,1-2H3,(H,49,52)/b7-5-,13-11-,19-17-,24-23-. The molecule has 52 heavy (non-hydrogen) atoms. The van der Waals surface area contributed by atoms with Crippen LogP contribution in [0, 0.1) is 0 Å². The quantitative estimate of drug-likeness (QED) is 0.0434. The first kappa shape index (κ1) is 50.4. The van der Waals surface area contributed by atoms with E-state index in [1.807, 2.05) is 0 Å². The fourth-order valence-electron chi connectivity index (χ4n) is 6.88. The Hall–Kier alpha value is -1.65. The van der Waals surface area contributed by atoms with E-state index in [9.17, 15) is 15.0 Å². The van der Waals surface area contributed by atoms with Gasteiger partial charge in [-0.1, -0.05) is 223 Å². The lowest BCUT2D eigenvalue weighted by atomic mass is 10.0. The number of carbonyl (C=O) groups excluding carboxylic acids is 1. The lowest BCUT2D eigenvalue weighted by Crippen LogP contribution is -2.45. The number of rotatable bonds is 41. The summed E-state index contributed by atoms with van der Waals surface area (Å²) >= 11 is 0. The molecule has 2 atom stereocenters. The van der Waals surface area contributed by atoms with E-state index in [1.54, 1.807) is 0 Å². The van der Waals surface area contributed by atoms with E-state index >= 15 is 0 Å². The highest BCUT2D eigenvalue weighted by Gasteiger charge is 2.20. The maximum atomic E-state index is 12.4. The van der Waals surface area contributed by atoms with Crippen LogP contribution in [-0.2, 0) is 4.79 Å².